The summed E-state index contributed by atoms with van der Waals surface area (Å²) in [5, 5.41) is 14.4. The van der Waals surface area contributed by atoms with E-state index in [9.17, 15) is 4.79 Å². The van der Waals surface area contributed by atoms with Crippen LogP contribution in [-0.4, -0.2) is 22.1 Å². The SMILES string of the molecule is CCC(CC1CC1)Nc1nc(C(=O)O)cs1. The molecule has 0 saturated heterocycles. The van der Waals surface area contributed by atoms with Crippen LogP contribution in [0.15, 0.2) is 5.38 Å². The van der Waals surface area contributed by atoms with E-state index in [1.54, 1.807) is 5.38 Å². The van der Waals surface area contributed by atoms with Crippen LogP contribution in [0, 0.1) is 5.92 Å². The van der Waals surface area contributed by atoms with Gasteiger partial charge in [-0.25, -0.2) is 9.78 Å². The standard InChI is InChI=1S/C11H16N2O2S/c1-2-8(5-7-3-4-7)12-11-13-9(6-16-11)10(14)15/h6-8H,2-5H2,1H3,(H,12,13)(H,14,15). The summed E-state index contributed by atoms with van der Waals surface area (Å²) in [7, 11) is 0. The van der Waals surface area contributed by atoms with Gasteiger partial charge in [-0.2, -0.15) is 0 Å². The molecule has 4 nitrogen and oxygen atoms in total. The number of carboxylic acids is 1. The molecule has 2 N–H and O–H groups in total. The number of rotatable bonds is 6. The monoisotopic (exact) mass is 240 g/mol. The molecule has 0 bridgehead atoms. The topological polar surface area (TPSA) is 62.2 Å². The number of anilines is 1. The van der Waals surface area contributed by atoms with Crippen molar-refractivity contribution in [2.75, 3.05) is 5.32 Å². The van der Waals surface area contributed by atoms with E-state index in [0.29, 0.717) is 6.04 Å². The van der Waals surface area contributed by atoms with Crippen LogP contribution < -0.4 is 5.32 Å². The zero-order valence-corrected chi connectivity index (χ0v) is 10.1. The second-order valence-corrected chi connectivity index (χ2v) is 5.13. The van der Waals surface area contributed by atoms with Gasteiger partial charge in [-0.1, -0.05) is 19.8 Å². The minimum atomic E-state index is -0.959. The molecule has 0 aromatic carbocycles. The van der Waals surface area contributed by atoms with Gasteiger partial charge in [-0.15, -0.1) is 11.3 Å². The Morgan fingerprint density at radius 2 is 2.50 bits per heavy atom. The molecule has 1 unspecified atom stereocenters. The van der Waals surface area contributed by atoms with Crippen molar-refractivity contribution in [1.82, 2.24) is 4.98 Å². The number of hydrogen-bond acceptors (Lipinski definition) is 4. The molecule has 1 heterocycles. The molecule has 0 spiro atoms. The average Bonchev–Trinajstić information content (AvgIpc) is 2.93. The lowest BCUT2D eigenvalue weighted by Gasteiger charge is -2.15. The molecule has 0 radical (unpaired) electrons. The molecule has 16 heavy (non-hydrogen) atoms. The third-order valence-corrected chi connectivity index (χ3v) is 3.63. The first kappa shape index (κ1) is 11.4. The molecular formula is C11H16N2O2S. The van der Waals surface area contributed by atoms with E-state index in [4.69, 9.17) is 5.11 Å². The molecule has 2 rings (SSSR count). The molecule has 88 valence electrons. The van der Waals surface area contributed by atoms with E-state index < -0.39 is 5.97 Å². The quantitative estimate of drug-likeness (QED) is 0.802. The van der Waals surface area contributed by atoms with Crippen molar-refractivity contribution in [2.45, 2.75) is 38.6 Å². The van der Waals surface area contributed by atoms with Gasteiger partial charge < -0.3 is 10.4 Å². The molecule has 1 aromatic rings. The van der Waals surface area contributed by atoms with Crippen LogP contribution in [0.5, 0.6) is 0 Å². The molecular weight excluding hydrogens is 224 g/mol. The fourth-order valence-electron chi connectivity index (χ4n) is 1.70. The number of carbonyl (C=O) groups is 1. The van der Waals surface area contributed by atoms with Crippen LogP contribution >= 0.6 is 11.3 Å². The first-order valence-corrected chi connectivity index (χ1v) is 6.52. The van der Waals surface area contributed by atoms with Crippen LogP contribution in [0.1, 0.15) is 43.1 Å². The van der Waals surface area contributed by atoms with Crippen LogP contribution in [0.25, 0.3) is 0 Å². The number of hydrogen-bond donors (Lipinski definition) is 2. The molecule has 0 aliphatic heterocycles. The second kappa shape index (κ2) is 4.82. The zero-order valence-electron chi connectivity index (χ0n) is 9.27. The van der Waals surface area contributed by atoms with Crippen LogP contribution in [-0.2, 0) is 0 Å². The van der Waals surface area contributed by atoms with Crippen molar-refractivity contribution in [2.24, 2.45) is 5.92 Å². The third kappa shape index (κ3) is 2.95. The van der Waals surface area contributed by atoms with Crippen molar-refractivity contribution < 1.29 is 9.90 Å². The average molecular weight is 240 g/mol. The summed E-state index contributed by atoms with van der Waals surface area (Å²) in [4.78, 5) is 14.7. The number of carboxylic acid groups (broad SMARTS) is 1. The third-order valence-electron chi connectivity index (χ3n) is 2.86. The van der Waals surface area contributed by atoms with E-state index >= 15 is 0 Å². The van der Waals surface area contributed by atoms with Gasteiger partial charge in [0.1, 0.15) is 0 Å². The Morgan fingerprint density at radius 1 is 1.75 bits per heavy atom. The summed E-state index contributed by atoms with van der Waals surface area (Å²) in [6.07, 6.45) is 4.92. The Kier molecular flexibility index (Phi) is 3.43. The fourth-order valence-corrected chi connectivity index (χ4v) is 2.46. The number of thiazole rings is 1. The summed E-state index contributed by atoms with van der Waals surface area (Å²) in [6.45, 7) is 2.14. The maximum absolute atomic E-state index is 10.7. The highest BCUT2D eigenvalue weighted by Gasteiger charge is 2.25. The maximum Gasteiger partial charge on any atom is 0.355 e. The predicted molar refractivity (Wildman–Crippen MR) is 64.1 cm³/mol. The molecule has 1 aliphatic rings. The molecule has 1 fully saturated rings. The van der Waals surface area contributed by atoms with E-state index in [2.05, 4.69) is 17.2 Å². The number of aromatic nitrogens is 1. The van der Waals surface area contributed by atoms with Crippen molar-refractivity contribution in [3.05, 3.63) is 11.1 Å². The molecule has 0 amide bonds. The first-order valence-electron chi connectivity index (χ1n) is 5.64. The van der Waals surface area contributed by atoms with Crippen molar-refractivity contribution in [1.29, 1.82) is 0 Å². The van der Waals surface area contributed by atoms with Gasteiger partial charge in [0.15, 0.2) is 10.8 Å². The Hall–Kier alpha value is -1.10. The molecule has 1 aliphatic carbocycles. The van der Waals surface area contributed by atoms with Crippen LogP contribution in [0.2, 0.25) is 0 Å². The summed E-state index contributed by atoms with van der Waals surface area (Å²) >= 11 is 1.37. The maximum atomic E-state index is 10.7. The molecule has 5 heteroatoms. The smallest absolute Gasteiger partial charge is 0.355 e. The Morgan fingerprint density at radius 3 is 3.00 bits per heavy atom. The number of nitrogens with zero attached hydrogens (tertiary/aromatic N) is 1. The highest BCUT2D eigenvalue weighted by molar-refractivity contribution is 7.13. The number of aromatic carboxylic acids is 1. The lowest BCUT2D eigenvalue weighted by molar-refractivity contribution is 0.0691. The summed E-state index contributed by atoms with van der Waals surface area (Å²) < 4.78 is 0. The van der Waals surface area contributed by atoms with E-state index in [1.165, 1.54) is 30.6 Å². The highest BCUT2D eigenvalue weighted by atomic mass is 32.1. The summed E-state index contributed by atoms with van der Waals surface area (Å²) in [6, 6.07) is 0.431. The van der Waals surface area contributed by atoms with Crippen LogP contribution in [0.3, 0.4) is 0 Å². The van der Waals surface area contributed by atoms with Gasteiger partial charge in [0.25, 0.3) is 0 Å². The first-order chi connectivity index (χ1) is 7.69. The van der Waals surface area contributed by atoms with E-state index in [0.717, 1.165) is 17.5 Å². The predicted octanol–water partition coefficient (Wildman–Crippen LogP) is 2.83. The highest BCUT2D eigenvalue weighted by Crippen LogP contribution is 2.35. The summed E-state index contributed by atoms with van der Waals surface area (Å²) in [5.74, 6) is -0.0871. The van der Waals surface area contributed by atoms with Crippen molar-refractivity contribution in [3.8, 4) is 0 Å². The Labute approximate surface area is 98.7 Å². The minimum absolute atomic E-state index is 0.133. The summed E-state index contributed by atoms with van der Waals surface area (Å²) in [5.41, 5.74) is 0.133. The van der Waals surface area contributed by atoms with Crippen molar-refractivity contribution >= 4 is 22.4 Å². The lowest BCUT2D eigenvalue weighted by atomic mass is 10.1. The molecule has 1 saturated carbocycles. The fraction of sp³-hybridized carbons (Fsp3) is 0.636. The van der Waals surface area contributed by atoms with Gasteiger partial charge in [-0.05, 0) is 18.8 Å². The second-order valence-electron chi connectivity index (χ2n) is 4.27. The minimum Gasteiger partial charge on any atom is -0.476 e. The van der Waals surface area contributed by atoms with E-state index in [-0.39, 0.29) is 5.69 Å². The van der Waals surface area contributed by atoms with Gasteiger partial charge >= 0.3 is 5.97 Å². The van der Waals surface area contributed by atoms with Gasteiger partial charge in [0, 0.05) is 11.4 Å². The Bertz CT molecular complexity index is 374. The molecule has 1 atom stereocenters. The zero-order chi connectivity index (χ0) is 11.5. The van der Waals surface area contributed by atoms with Crippen LogP contribution in [0.4, 0.5) is 5.13 Å². The van der Waals surface area contributed by atoms with Gasteiger partial charge in [0.2, 0.25) is 0 Å². The lowest BCUT2D eigenvalue weighted by Crippen LogP contribution is -2.19. The Balaban J connectivity index is 1.92. The normalized spacial score (nSPS) is 17.1. The molecule has 1 aromatic heterocycles. The number of nitrogens with one attached hydrogen (secondary N) is 1. The van der Waals surface area contributed by atoms with Gasteiger partial charge in [-0.3, -0.25) is 0 Å². The largest absolute Gasteiger partial charge is 0.476 e. The van der Waals surface area contributed by atoms with E-state index in [1.807, 2.05) is 0 Å². The van der Waals surface area contributed by atoms with Crippen molar-refractivity contribution in [3.63, 3.8) is 0 Å². The van der Waals surface area contributed by atoms with Gasteiger partial charge in [0.05, 0.1) is 0 Å².